The average molecular weight is 379 g/mol. The molecule has 2 aromatic carbocycles. The van der Waals surface area contributed by atoms with E-state index in [1.807, 2.05) is 24.3 Å². The normalized spacial score (nSPS) is 19.7. The Labute approximate surface area is 154 Å². The minimum absolute atomic E-state index is 0.168. The lowest BCUT2D eigenvalue weighted by molar-refractivity contribution is -0.137. The van der Waals surface area contributed by atoms with Crippen molar-refractivity contribution in [1.29, 1.82) is 0 Å². The number of hydrogen-bond donors (Lipinski definition) is 3. The van der Waals surface area contributed by atoms with Crippen LogP contribution >= 0.6 is 11.8 Å². The number of fused-ring (bicyclic) bond motifs is 2. The lowest BCUT2D eigenvalue weighted by Gasteiger charge is -2.27. The maximum absolute atomic E-state index is 13.4. The van der Waals surface area contributed by atoms with Gasteiger partial charge in [-0.15, -0.1) is 0 Å². The summed E-state index contributed by atoms with van der Waals surface area (Å²) in [6.07, 6.45) is -1.51. The van der Waals surface area contributed by atoms with Gasteiger partial charge >= 0.3 is 6.18 Å². The Kier molecular flexibility index (Phi) is 4.75. The van der Waals surface area contributed by atoms with E-state index in [0.717, 1.165) is 48.6 Å². The van der Waals surface area contributed by atoms with Crippen molar-refractivity contribution >= 4 is 28.8 Å². The summed E-state index contributed by atoms with van der Waals surface area (Å²) in [5, 5.41) is 10.0. The minimum Gasteiger partial charge on any atom is -0.381 e. The van der Waals surface area contributed by atoms with Crippen LogP contribution in [0.1, 0.15) is 24.8 Å². The molecule has 1 saturated heterocycles. The third kappa shape index (κ3) is 3.64. The molecule has 0 aromatic heterocycles. The Balaban J connectivity index is 1.72. The van der Waals surface area contributed by atoms with E-state index < -0.39 is 11.7 Å². The van der Waals surface area contributed by atoms with Gasteiger partial charge in [-0.25, -0.2) is 0 Å². The van der Waals surface area contributed by atoms with E-state index in [9.17, 15) is 13.2 Å². The largest absolute Gasteiger partial charge is 0.416 e. The van der Waals surface area contributed by atoms with E-state index in [0.29, 0.717) is 10.6 Å². The van der Waals surface area contributed by atoms with Crippen LogP contribution in [0, 0.1) is 0 Å². The van der Waals surface area contributed by atoms with E-state index in [1.54, 1.807) is 0 Å². The first-order chi connectivity index (χ1) is 12.5. The van der Waals surface area contributed by atoms with E-state index in [-0.39, 0.29) is 6.04 Å². The van der Waals surface area contributed by atoms with Gasteiger partial charge in [0.05, 0.1) is 22.6 Å². The molecular formula is C19H20F3N3S. The molecule has 2 aliphatic rings. The molecule has 138 valence electrons. The van der Waals surface area contributed by atoms with Gasteiger partial charge in [-0.2, -0.15) is 13.2 Å². The van der Waals surface area contributed by atoms with E-state index in [2.05, 4.69) is 16.0 Å². The van der Waals surface area contributed by atoms with Crippen molar-refractivity contribution in [2.24, 2.45) is 0 Å². The highest BCUT2D eigenvalue weighted by Crippen LogP contribution is 2.49. The summed E-state index contributed by atoms with van der Waals surface area (Å²) in [7, 11) is 0. The maximum Gasteiger partial charge on any atom is 0.416 e. The molecule has 0 aliphatic carbocycles. The molecule has 3 N–H and O–H groups in total. The van der Waals surface area contributed by atoms with Crippen molar-refractivity contribution in [2.45, 2.75) is 41.3 Å². The van der Waals surface area contributed by atoms with E-state index >= 15 is 0 Å². The van der Waals surface area contributed by atoms with E-state index in [4.69, 9.17) is 0 Å². The summed E-state index contributed by atoms with van der Waals surface area (Å²) in [5.74, 6) is 0. The van der Waals surface area contributed by atoms with Crippen molar-refractivity contribution in [1.82, 2.24) is 5.32 Å². The zero-order valence-electron chi connectivity index (χ0n) is 14.1. The van der Waals surface area contributed by atoms with Gasteiger partial charge in [-0.3, -0.25) is 0 Å². The van der Waals surface area contributed by atoms with Crippen LogP contribution < -0.4 is 16.0 Å². The lowest BCUT2D eigenvalue weighted by Crippen LogP contribution is -2.23. The van der Waals surface area contributed by atoms with Crippen LogP contribution in [0.3, 0.4) is 0 Å². The van der Waals surface area contributed by atoms with Crippen molar-refractivity contribution < 1.29 is 13.2 Å². The standard InChI is InChI=1S/C19H20F3N3S/c20-19(21,22)12-10-15(24-13-4-3-8-23-9-7-13)18-17(11-12)26-16-6-2-1-5-14(16)25-18/h1-2,5-6,10-11,13,23-25H,3-4,7-9H2. The monoisotopic (exact) mass is 379 g/mol. The molecule has 1 atom stereocenters. The molecule has 2 aromatic rings. The smallest absolute Gasteiger partial charge is 0.381 e. The van der Waals surface area contributed by atoms with Gasteiger partial charge in [-0.1, -0.05) is 23.9 Å². The molecule has 1 unspecified atom stereocenters. The molecule has 0 spiro atoms. The van der Waals surface area contributed by atoms with Gasteiger partial charge in [0.2, 0.25) is 0 Å². The molecule has 0 amide bonds. The Morgan fingerprint density at radius 1 is 1.04 bits per heavy atom. The summed E-state index contributed by atoms with van der Waals surface area (Å²) in [6.45, 7) is 1.84. The highest BCUT2D eigenvalue weighted by Gasteiger charge is 2.33. The number of anilines is 3. The van der Waals surface area contributed by atoms with Gasteiger partial charge < -0.3 is 16.0 Å². The second kappa shape index (κ2) is 7.04. The van der Waals surface area contributed by atoms with Crippen LogP contribution in [0.25, 0.3) is 0 Å². The summed E-state index contributed by atoms with van der Waals surface area (Å²) < 4.78 is 40.2. The Hall–Kier alpha value is -1.86. The first-order valence-corrected chi connectivity index (χ1v) is 9.59. The number of hydrogen-bond acceptors (Lipinski definition) is 4. The fourth-order valence-corrected chi connectivity index (χ4v) is 4.46. The van der Waals surface area contributed by atoms with Gasteiger partial charge in [0.15, 0.2) is 0 Å². The minimum atomic E-state index is -4.37. The SMILES string of the molecule is FC(F)(F)c1cc(NC2CCCNCC2)c2c(c1)Sc1ccccc1N2. The van der Waals surface area contributed by atoms with Crippen molar-refractivity contribution in [2.75, 3.05) is 23.7 Å². The van der Waals surface area contributed by atoms with Crippen LogP contribution in [0.5, 0.6) is 0 Å². The zero-order valence-corrected chi connectivity index (χ0v) is 14.9. The highest BCUT2D eigenvalue weighted by molar-refractivity contribution is 7.99. The van der Waals surface area contributed by atoms with E-state index in [1.165, 1.54) is 23.9 Å². The molecule has 2 aliphatic heterocycles. The summed E-state index contributed by atoms with van der Waals surface area (Å²) in [6, 6.07) is 10.3. The van der Waals surface area contributed by atoms with Crippen LogP contribution in [0.2, 0.25) is 0 Å². The maximum atomic E-state index is 13.4. The second-order valence-corrected chi connectivity index (χ2v) is 7.72. The predicted molar refractivity (Wildman–Crippen MR) is 99.4 cm³/mol. The number of rotatable bonds is 2. The van der Waals surface area contributed by atoms with Crippen molar-refractivity contribution in [3.8, 4) is 0 Å². The topological polar surface area (TPSA) is 36.1 Å². The molecule has 3 nitrogen and oxygen atoms in total. The number of alkyl halides is 3. The summed E-state index contributed by atoms with van der Waals surface area (Å²) in [5.41, 5.74) is 1.58. The van der Waals surface area contributed by atoms with Crippen LogP contribution in [-0.2, 0) is 6.18 Å². The zero-order chi connectivity index (χ0) is 18.1. The number of nitrogens with one attached hydrogen (secondary N) is 3. The Morgan fingerprint density at radius 2 is 1.88 bits per heavy atom. The molecular weight excluding hydrogens is 359 g/mol. The molecule has 0 bridgehead atoms. The molecule has 1 fully saturated rings. The molecule has 4 rings (SSSR count). The van der Waals surface area contributed by atoms with Gasteiger partial charge in [0.1, 0.15) is 0 Å². The van der Waals surface area contributed by atoms with Crippen molar-refractivity contribution in [3.05, 3.63) is 42.0 Å². The number of benzene rings is 2. The molecule has 26 heavy (non-hydrogen) atoms. The Morgan fingerprint density at radius 3 is 2.73 bits per heavy atom. The average Bonchev–Trinajstić information content (AvgIpc) is 2.88. The quantitative estimate of drug-likeness (QED) is 0.552. The predicted octanol–water partition coefficient (Wildman–Crippen LogP) is 5.47. The van der Waals surface area contributed by atoms with Gasteiger partial charge in [0, 0.05) is 15.8 Å². The fraction of sp³-hybridized carbons (Fsp3) is 0.368. The molecule has 2 heterocycles. The molecule has 0 saturated carbocycles. The Bertz CT molecular complexity index is 799. The fourth-order valence-electron chi connectivity index (χ4n) is 3.40. The first kappa shape index (κ1) is 17.5. The number of halogens is 3. The first-order valence-electron chi connectivity index (χ1n) is 8.77. The number of para-hydroxylation sites is 1. The summed E-state index contributed by atoms with van der Waals surface area (Å²) in [4.78, 5) is 1.54. The molecule has 0 radical (unpaired) electrons. The third-order valence-corrected chi connectivity index (χ3v) is 5.85. The third-order valence-electron chi connectivity index (χ3n) is 4.73. The highest BCUT2D eigenvalue weighted by atomic mass is 32.2. The molecule has 7 heteroatoms. The summed E-state index contributed by atoms with van der Waals surface area (Å²) >= 11 is 1.38. The van der Waals surface area contributed by atoms with Crippen molar-refractivity contribution in [3.63, 3.8) is 0 Å². The van der Waals surface area contributed by atoms with Crippen LogP contribution in [0.15, 0.2) is 46.2 Å². The van der Waals surface area contributed by atoms with Crippen LogP contribution in [-0.4, -0.2) is 19.1 Å². The second-order valence-electron chi connectivity index (χ2n) is 6.64. The van der Waals surface area contributed by atoms with Crippen LogP contribution in [0.4, 0.5) is 30.2 Å². The lowest BCUT2D eigenvalue weighted by atomic mass is 10.1. The van der Waals surface area contributed by atoms with Gasteiger partial charge in [0.25, 0.3) is 0 Å². The van der Waals surface area contributed by atoms with Gasteiger partial charge in [-0.05, 0) is 56.6 Å².